The number of fused-ring (bicyclic) bond motifs is 1. The molecule has 0 saturated heterocycles. The fourth-order valence-corrected chi connectivity index (χ4v) is 5.66. The lowest BCUT2D eigenvalue weighted by molar-refractivity contribution is -0.137. The van der Waals surface area contributed by atoms with E-state index in [1.807, 2.05) is 44.2 Å². The van der Waals surface area contributed by atoms with Crippen LogP contribution >= 0.6 is 0 Å². The summed E-state index contributed by atoms with van der Waals surface area (Å²) in [6, 6.07) is 17.3. The van der Waals surface area contributed by atoms with Crippen molar-refractivity contribution in [1.29, 1.82) is 0 Å². The van der Waals surface area contributed by atoms with Gasteiger partial charge < -0.3 is 14.6 Å². The predicted molar refractivity (Wildman–Crippen MR) is 146 cm³/mol. The fourth-order valence-electron chi connectivity index (χ4n) is 5.02. The molecule has 3 aromatic rings. The second-order valence-corrected chi connectivity index (χ2v) is 12.2. The first kappa shape index (κ1) is 27.4. The van der Waals surface area contributed by atoms with Crippen LogP contribution in [-0.2, 0) is 21.2 Å². The summed E-state index contributed by atoms with van der Waals surface area (Å²) in [7, 11) is -3.00. The molecule has 1 aliphatic carbocycles. The van der Waals surface area contributed by atoms with Crippen LogP contribution in [-0.4, -0.2) is 43.9 Å². The zero-order valence-corrected chi connectivity index (χ0v) is 22.6. The monoisotopic (exact) mass is 536 g/mol. The van der Waals surface area contributed by atoms with Crippen molar-refractivity contribution in [2.24, 2.45) is 0 Å². The van der Waals surface area contributed by atoms with Crippen molar-refractivity contribution in [3.63, 3.8) is 0 Å². The maximum atomic E-state index is 12.4. The third-order valence-electron chi connectivity index (χ3n) is 6.67. The van der Waals surface area contributed by atoms with Crippen LogP contribution in [0.3, 0.4) is 0 Å². The van der Waals surface area contributed by atoms with E-state index in [1.165, 1.54) is 6.26 Å². The van der Waals surface area contributed by atoms with E-state index in [9.17, 15) is 18.0 Å². The summed E-state index contributed by atoms with van der Waals surface area (Å²) in [5.74, 6) is 0.152. The second kappa shape index (κ2) is 11.4. The summed E-state index contributed by atoms with van der Waals surface area (Å²) in [6.45, 7) is 4.70. The molecule has 0 aliphatic heterocycles. The topological polar surface area (TPSA) is 107 Å². The van der Waals surface area contributed by atoms with Gasteiger partial charge in [0.1, 0.15) is 27.9 Å². The van der Waals surface area contributed by atoms with Crippen LogP contribution in [0, 0.1) is 13.8 Å². The molecular weight excluding hydrogens is 504 g/mol. The molecule has 0 fully saturated rings. The number of aliphatic carboxylic acids is 1. The van der Waals surface area contributed by atoms with Gasteiger partial charge in [-0.3, -0.25) is 9.59 Å². The Bertz CT molecular complexity index is 1450. The molecule has 4 rings (SSSR count). The SMILES string of the molecule is Cc1cc(OCCCS(C)(=O)=O)cc(C)c1-c1cccc(COc2ccc3c(c2)C(=O)CC3CC(=O)O)c1. The number of carboxylic acid groups (broad SMARTS) is 1. The first-order valence-corrected chi connectivity index (χ1v) is 14.6. The van der Waals surface area contributed by atoms with Gasteiger partial charge in [0.25, 0.3) is 0 Å². The number of carbonyl (C=O) groups is 2. The number of aryl methyl sites for hydroxylation is 2. The lowest BCUT2D eigenvalue weighted by atomic mass is 9.94. The van der Waals surface area contributed by atoms with Crippen molar-refractivity contribution >= 4 is 21.6 Å². The quantitative estimate of drug-likeness (QED) is 0.322. The van der Waals surface area contributed by atoms with Crippen LogP contribution in [0.2, 0.25) is 0 Å². The smallest absolute Gasteiger partial charge is 0.303 e. The van der Waals surface area contributed by atoms with Gasteiger partial charge in [-0.25, -0.2) is 8.42 Å². The molecule has 0 saturated carbocycles. The number of hydrogen-bond donors (Lipinski definition) is 1. The van der Waals surface area contributed by atoms with E-state index in [0.717, 1.165) is 33.4 Å². The molecule has 0 amide bonds. The molecule has 8 heteroatoms. The summed E-state index contributed by atoms with van der Waals surface area (Å²) in [4.78, 5) is 23.5. The lowest BCUT2D eigenvalue weighted by Gasteiger charge is -2.15. The fraction of sp³-hybridized carbons (Fsp3) is 0.333. The van der Waals surface area contributed by atoms with Crippen molar-refractivity contribution in [3.05, 3.63) is 82.4 Å². The molecule has 0 aromatic heterocycles. The number of Topliss-reactive ketones (excluding diaryl/α,β-unsaturated/α-hetero) is 1. The first-order chi connectivity index (χ1) is 18.0. The first-order valence-electron chi connectivity index (χ1n) is 12.5. The maximum absolute atomic E-state index is 12.4. The largest absolute Gasteiger partial charge is 0.494 e. The van der Waals surface area contributed by atoms with Gasteiger partial charge in [0.15, 0.2) is 5.78 Å². The zero-order valence-electron chi connectivity index (χ0n) is 21.8. The van der Waals surface area contributed by atoms with Crippen molar-refractivity contribution in [2.75, 3.05) is 18.6 Å². The van der Waals surface area contributed by atoms with Crippen molar-refractivity contribution < 1.29 is 32.6 Å². The number of rotatable bonds is 11. The Balaban J connectivity index is 1.44. The highest BCUT2D eigenvalue weighted by Crippen LogP contribution is 2.37. The summed E-state index contributed by atoms with van der Waals surface area (Å²) in [5.41, 5.74) is 6.54. The molecule has 1 unspecified atom stereocenters. The molecule has 1 atom stereocenters. The number of carbonyl (C=O) groups excluding carboxylic acids is 1. The summed E-state index contributed by atoms with van der Waals surface area (Å²) in [6.07, 6.45) is 1.83. The van der Waals surface area contributed by atoms with Crippen LogP contribution in [0.1, 0.15) is 57.8 Å². The number of ether oxygens (including phenoxy) is 2. The van der Waals surface area contributed by atoms with Gasteiger partial charge in [-0.05, 0) is 84.0 Å². The molecular formula is C30H32O7S. The van der Waals surface area contributed by atoms with Crippen LogP contribution in [0.25, 0.3) is 11.1 Å². The van der Waals surface area contributed by atoms with E-state index in [0.29, 0.717) is 36.7 Å². The third-order valence-corrected chi connectivity index (χ3v) is 7.70. The van der Waals surface area contributed by atoms with Gasteiger partial charge >= 0.3 is 5.97 Å². The molecule has 3 aromatic carbocycles. The number of sulfone groups is 1. The van der Waals surface area contributed by atoms with Gasteiger partial charge in [-0.2, -0.15) is 0 Å². The van der Waals surface area contributed by atoms with Gasteiger partial charge in [0, 0.05) is 24.2 Å². The Morgan fingerprint density at radius 2 is 1.74 bits per heavy atom. The standard InChI is InChI=1S/C30H32O7S/c1-19-12-25(36-10-5-11-38(3,34)35)13-20(2)30(19)22-7-4-6-21(14-22)18-37-24-8-9-26-23(16-29(32)33)15-28(31)27(26)17-24/h4,6-9,12-14,17,23H,5,10-11,15-16,18H2,1-3H3,(H,32,33). The molecule has 7 nitrogen and oxygen atoms in total. The van der Waals surface area contributed by atoms with Crippen LogP contribution < -0.4 is 9.47 Å². The van der Waals surface area contributed by atoms with E-state index >= 15 is 0 Å². The van der Waals surface area contributed by atoms with Gasteiger partial charge in [-0.1, -0.05) is 24.3 Å². The molecule has 1 aliphatic rings. The van der Waals surface area contributed by atoms with Crippen LogP contribution in [0.4, 0.5) is 0 Å². The normalized spacial score (nSPS) is 14.8. The van der Waals surface area contributed by atoms with E-state index in [-0.39, 0.29) is 30.3 Å². The average molecular weight is 537 g/mol. The Kier molecular flexibility index (Phi) is 8.21. The number of carboxylic acids is 1. The molecule has 0 heterocycles. The molecule has 0 radical (unpaired) electrons. The molecule has 1 N–H and O–H groups in total. The molecule has 38 heavy (non-hydrogen) atoms. The predicted octanol–water partition coefficient (Wildman–Crippen LogP) is 5.51. The van der Waals surface area contributed by atoms with E-state index in [4.69, 9.17) is 14.6 Å². The summed E-state index contributed by atoms with van der Waals surface area (Å²) >= 11 is 0. The Hall–Kier alpha value is -3.65. The summed E-state index contributed by atoms with van der Waals surface area (Å²) < 4.78 is 34.4. The van der Waals surface area contributed by atoms with E-state index in [2.05, 4.69) is 6.07 Å². The lowest BCUT2D eigenvalue weighted by Crippen LogP contribution is -2.08. The van der Waals surface area contributed by atoms with Crippen molar-refractivity contribution in [3.8, 4) is 22.6 Å². The Morgan fingerprint density at radius 3 is 2.42 bits per heavy atom. The number of ketones is 1. The highest BCUT2D eigenvalue weighted by atomic mass is 32.2. The van der Waals surface area contributed by atoms with Crippen molar-refractivity contribution in [1.82, 2.24) is 0 Å². The average Bonchev–Trinajstić information content (AvgIpc) is 3.13. The molecule has 200 valence electrons. The molecule has 0 bridgehead atoms. The highest BCUT2D eigenvalue weighted by Gasteiger charge is 2.31. The van der Waals surface area contributed by atoms with E-state index < -0.39 is 15.8 Å². The minimum atomic E-state index is -3.00. The Labute approximate surface area is 223 Å². The van der Waals surface area contributed by atoms with E-state index in [1.54, 1.807) is 18.2 Å². The van der Waals surface area contributed by atoms with Gasteiger partial charge in [-0.15, -0.1) is 0 Å². The zero-order chi connectivity index (χ0) is 27.4. The van der Waals surface area contributed by atoms with Crippen LogP contribution in [0.15, 0.2) is 54.6 Å². The van der Waals surface area contributed by atoms with Crippen LogP contribution in [0.5, 0.6) is 11.5 Å². The minimum absolute atomic E-state index is 0.0486. The second-order valence-electron chi connectivity index (χ2n) is 9.92. The van der Waals surface area contributed by atoms with Crippen molar-refractivity contribution in [2.45, 2.75) is 45.6 Å². The number of hydrogen-bond acceptors (Lipinski definition) is 6. The Morgan fingerprint density at radius 1 is 1.00 bits per heavy atom. The number of benzene rings is 3. The van der Waals surface area contributed by atoms with Gasteiger partial charge in [0.2, 0.25) is 0 Å². The highest BCUT2D eigenvalue weighted by molar-refractivity contribution is 7.90. The minimum Gasteiger partial charge on any atom is -0.494 e. The molecule has 0 spiro atoms. The maximum Gasteiger partial charge on any atom is 0.303 e. The summed E-state index contributed by atoms with van der Waals surface area (Å²) in [5, 5.41) is 9.11. The van der Waals surface area contributed by atoms with Gasteiger partial charge in [0.05, 0.1) is 18.8 Å². The third kappa shape index (κ3) is 6.81.